The molecule has 5 heteroatoms. The molecule has 1 unspecified atom stereocenters. The molecular weight excluding hydrogens is 272 g/mol. The van der Waals surface area contributed by atoms with Crippen LogP contribution in [0.4, 0.5) is 5.13 Å². The highest BCUT2D eigenvalue weighted by Crippen LogP contribution is 2.24. The van der Waals surface area contributed by atoms with Gasteiger partial charge < -0.3 is 10.1 Å². The van der Waals surface area contributed by atoms with Crippen molar-refractivity contribution >= 4 is 22.4 Å². The summed E-state index contributed by atoms with van der Waals surface area (Å²) in [7, 11) is 1.38. The number of benzene rings is 1. The number of esters is 1. The number of nitrogens with zero attached hydrogens (tertiary/aromatic N) is 1. The van der Waals surface area contributed by atoms with Gasteiger partial charge in [-0.25, -0.2) is 9.78 Å². The van der Waals surface area contributed by atoms with Gasteiger partial charge in [-0.05, 0) is 18.4 Å². The van der Waals surface area contributed by atoms with E-state index in [0.29, 0.717) is 16.5 Å². The van der Waals surface area contributed by atoms with Crippen molar-refractivity contribution in [1.29, 1.82) is 0 Å². The van der Waals surface area contributed by atoms with Crippen LogP contribution in [0, 0.1) is 6.92 Å². The van der Waals surface area contributed by atoms with Crippen molar-refractivity contribution in [3.8, 4) is 0 Å². The average molecular weight is 290 g/mol. The molecule has 20 heavy (non-hydrogen) atoms. The quantitative estimate of drug-likeness (QED) is 0.857. The Balaban J connectivity index is 1.99. The van der Waals surface area contributed by atoms with E-state index in [4.69, 9.17) is 4.74 Å². The molecule has 0 bridgehead atoms. The molecule has 1 atom stereocenters. The lowest BCUT2D eigenvalue weighted by Gasteiger charge is -2.12. The van der Waals surface area contributed by atoms with E-state index in [-0.39, 0.29) is 5.97 Å². The molecule has 4 nitrogen and oxygen atoms in total. The number of aryl methyl sites for hydroxylation is 1. The fraction of sp³-hybridized carbons (Fsp3) is 0.333. The van der Waals surface area contributed by atoms with E-state index < -0.39 is 0 Å². The summed E-state index contributed by atoms with van der Waals surface area (Å²) in [4.78, 5) is 16.4. The van der Waals surface area contributed by atoms with Crippen molar-refractivity contribution in [2.45, 2.75) is 19.8 Å². The first-order chi connectivity index (χ1) is 9.61. The summed E-state index contributed by atoms with van der Waals surface area (Å²) in [6.07, 6.45) is 0. The fourth-order valence-corrected chi connectivity index (χ4v) is 2.79. The van der Waals surface area contributed by atoms with E-state index in [1.54, 1.807) is 0 Å². The monoisotopic (exact) mass is 290 g/mol. The Bertz CT molecular complexity index is 581. The minimum absolute atomic E-state index is 0.329. The van der Waals surface area contributed by atoms with E-state index in [1.165, 1.54) is 24.0 Å². The Hall–Kier alpha value is -1.88. The van der Waals surface area contributed by atoms with Gasteiger partial charge in [-0.3, -0.25) is 0 Å². The number of rotatable bonds is 5. The van der Waals surface area contributed by atoms with E-state index in [9.17, 15) is 4.79 Å². The number of methoxy groups -OCH3 is 1. The van der Waals surface area contributed by atoms with Crippen LogP contribution in [0.5, 0.6) is 0 Å². The minimum Gasteiger partial charge on any atom is -0.465 e. The number of ether oxygens (including phenoxy) is 1. The summed E-state index contributed by atoms with van der Waals surface area (Å²) < 4.78 is 4.73. The second-order valence-corrected chi connectivity index (χ2v) is 5.62. The zero-order valence-electron chi connectivity index (χ0n) is 11.8. The Labute approximate surface area is 122 Å². The smallest absolute Gasteiger partial charge is 0.350 e. The summed E-state index contributed by atoms with van der Waals surface area (Å²) in [6.45, 7) is 4.75. The van der Waals surface area contributed by atoms with Gasteiger partial charge in [0.25, 0.3) is 0 Å². The van der Waals surface area contributed by atoms with Crippen LogP contribution in [0.1, 0.15) is 33.8 Å². The molecule has 1 aromatic heterocycles. The van der Waals surface area contributed by atoms with Gasteiger partial charge in [0.15, 0.2) is 5.13 Å². The number of hydrogen-bond donors (Lipinski definition) is 1. The van der Waals surface area contributed by atoms with E-state index in [1.807, 2.05) is 25.1 Å². The lowest BCUT2D eigenvalue weighted by atomic mass is 10.0. The van der Waals surface area contributed by atoms with Crippen molar-refractivity contribution in [2.24, 2.45) is 0 Å². The summed E-state index contributed by atoms with van der Waals surface area (Å²) in [5.74, 6) is 0.0474. The second kappa shape index (κ2) is 6.52. The molecule has 2 rings (SSSR count). The fourth-order valence-electron chi connectivity index (χ4n) is 1.89. The summed E-state index contributed by atoms with van der Waals surface area (Å²) in [6, 6.07) is 10.3. The van der Waals surface area contributed by atoms with Crippen molar-refractivity contribution in [3.63, 3.8) is 0 Å². The van der Waals surface area contributed by atoms with Gasteiger partial charge in [-0.2, -0.15) is 0 Å². The van der Waals surface area contributed by atoms with Crippen LogP contribution in [0.15, 0.2) is 30.3 Å². The molecule has 0 spiro atoms. The molecule has 1 heterocycles. The van der Waals surface area contributed by atoms with Crippen molar-refractivity contribution in [3.05, 3.63) is 46.5 Å². The molecule has 0 aliphatic carbocycles. The largest absolute Gasteiger partial charge is 0.465 e. The van der Waals surface area contributed by atoms with Crippen LogP contribution < -0.4 is 5.32 Å². The molecule has 0 aliphatic rings. The molecule has 2 aromatic rings. The molecule has 106 valence electrons. The molecule has 1 aromatic carbocycles. The number of anilines is 1. The summed E-state index contributed by atoms with van der Waals surface area (Å²) in [5.41, 5.74) is 1.98. The zero-order valence-corrected chi connectivity index (χ0v) is 12.7. The molecule has 0 fully saturated rings. The van der Waals surface area contributed by atoms with Crippen LogP contribution >= 0.6 is 11.3 Å². The molecule has 0 radical (unpaired) electrons. The SMILES string of the molecule is COC(=O)c1sc(NCC(C)c2ccccc2)nc1C. The number of aromatic nitrogens is 1. The van der Waals surface area contributed by atoms with Gasteiger partial charge in [0.1, 0.15) is 4.88 Å². The van der Waals surface area contributed by atoms with Crippen molar-refractivity contribution in [2.75, 3.05) is 19.0 Å². The molecule has 1 N–H and O–H groups in total. The van der Waals surface area contributed by atoms with E-state index >= 15 is 0 Å². The lowest BCUT2D eigenvalue weighted by Crippen LogP contribution is -2.09. The minimum atomic E-state index is -0.329. The third kappa shape index (κ3) is 3.36. The lowest BCUT2D eigenvalue weighted by molar-refractivity contribution is 0.0605. The Morgan fingerprint density at radius 3 is 2.75 bits per heavy atom. The van der Waals surface area contributed by atoms with Crippen LogP contribution in [0.2, 0.25) is 0 Å². The predicted octanol–water partition coefficient (Wildman–Crippen LogP) is 3.45. The molecular formula is C15H18N2O2S. The first-order valence-electron chi connectivity index (χ1n) is 6.46. The maximum absolute atomic E-state index is 11.5. The number of thiazole rings is 1. The maximum atomic E-state index is 11.5. The van der Waals surface area contributed by atoms with Crippen molar-refractivity contribution < 1.29 is 9.53 Å². The van der Waals surface area contributed by atoms with Gasteiger partial charge in [-0.1, -0.05) is 48.6 Å². The number of nitrogens with one attached hydrogen (secondary N) is 1. The van der Waals surface area contributed by atoms with E-state index in [2.05, 4.69) is 29.4 Å². The first-order valence-corrected chi connectivity index (χ1v) is 7.28. The maximum Gasteiger partial charge on any atom is 0.350 e. The second-order valence-electron chi connectivity index (χ2n) is 4.62. The zero-order chi connectivity index (χ0) is 14.5. The normalized spacial score (nSPS) is 11.9. The van der Waals surface area contributed by atoms with E-state index in [0.717, 1.165) is 11.7 Å². The molecule has 0 saturated heterocycles. The highest BCUT2D eigenvalue weighted by atomic mass is 32.1. The highest BCUT2D eigenvalue weighted by Gasteiger charge is 2.16. The van der Waals surface area contributed by atoms with Gasteiger partial charge in [-0.15, -0.1) is 0 Å². The number of carbonyl (C=O) groups is 1. The van der Waals surface area contributed by atoms with Gasteiger partial charge in [0.05, 0.1) is 12.8 Å². The van der Waals surface area contributed by atoms with Gasteiger partial charge >= 0.3 is 5.97 Å². The third-order valence-corrected chi connectivity index (χ3v) is 4.19. The molecule has 0 saturated carbocycles. The van der Waals surface area contributed by atoms with Crippen LogP contribution in [-0.4, -0.2) is 24.6 Å². The topological polar surface area (TPSA) is 51.2 Å². The summed E-state index contributed by atoms with van der Waals surface area (Å²) in [5, 5.41) is 4.04. The van der Waals surface area contributed by atoms with Crippen molar-refractivity contribution in [1.82, 2.24) is 4.98 Å². The van der Waals surface area contributed by atoms with Gasteiger partial charge in [0.2, 0.25) is 0 Å². The van der Waals surface area contributed by atoms with Crippen LogP contribution in [0.3, 0.4) is 0 Å². The first kappa shape index (κ1) is 14.5. The standard InChI is InChI=1S/C15H18N2O2S/c1-10(12-7-5-4-6-8-12)9-16-15-17-11(2)13(20-15)14(18)19-3/h4-8,10H,9H2,1-3H3,(H,16,17). The Morgan fingerprint density at radius 1 is 1.40 bits per heavy atom. The molecule has 0 aliphatic heterocycles. The van der Waals surface area contributed by atoms with Crippen LogP contribution in [-0.2, 0) is 4.74 Å². The summed E-state index contributed by atoms with van der Waals surface area (Å²) >= 11 is 1.33. The molecule has 0 amide bonds. The van der Waals surface area contributed by atoms with Gasteiger partial charge in [0, 0.05) is 6.54 Å². The Kier molecular flexibility index (Phi) is 4.74. The third-order valence-electron chi connectivity index (χ3n) is 3.10. The Morgan fingerprint density at radius 2 is 2.10 bits per heavy atom. The van der Waals surface area contributed by atoms with Crippen LogP contribution in [0.25, 0.3) is 0 Å². The predicted molar refractivity (Wildman–Crippen MR) is 81.5 cm³/mol. The average Bonchev–Trinajstić information content (AvgIpc) is 2.86. The number of carbonyl (C=O) groups excluding carboxylic acids is 1. The number of hydrogen-bond acceptors (Lipinski definition) is 5. The highest BCUT2D eigenvalue weighted by molar-refractivity contribution is 7.17.